The Bertz CT molecular complexity index is 1050. The molecule has 10 nitrogen and oxygen atoms in total. The predicted octanol–water partition coefficient (Wildman–Crippen LogP) is 1.92. The van der Waals surface area contributed by atoms with Crippen molar-refractivity contribution in [2.45, 2.75) is 13.3 Å². The maximum atomic E-state index is 12.4. The average Bonchev–Trinajstić information content (AvgIpc) is 3.28. The quantitative estimate of drug-likeness (QED) is 0.603. The van der Waals surface area contributed by atoms with Crippen LogP contribution >= 0.6 is 11.3 Å². The van der Waals surface area contributed by atoms with Gasteiger partial charge in [-0.15, -0.1) is 10.2 Å². The molecule has 0 saturated carbocycles. The summed E-state index contributed by atoms with van der Waals surface area (Å²) in [5.41, 5.74) is -0.253. The molecule has 0 spiro atoms. The number of ether oxygens (including phenoxy) is 1. The first-order chi connectivity index (χ1) is 13.4. The number of hydrogen-bond acceptors (Lipinski definition) is 9. The van der Waals surface area contributed by atoms with Crippen LogP contribution in [0.15, 0.2) is 27.5 Å². The lowest BCUT2D eigenvalue weighted by Gasteiger charge is -2.10. The molecule has 0 aliphatic rings. The molecule has 0 atom stereocenters. The molecule has 0 aliphatic carbocycles. The molecular weight excluding hydrogens is 398 g/mol. The number of nitrogens with zero attached hydrogens (tertiary/aromatic N) is 4. The first-order valence-electron chi connectivity index (χ1n) is 7.79. The molecule has 3 rings (SSSR count). The zero-order valence-electron chi connectivity index (χ0n) is 14.6. The molecule has 0 aromatic carbocycles. The van der Waals surface area contributed by atoms with Gasteiger partial charge in [0.1, 0.15) is 0 Å². The van der Waals surface area contributed by atoms with Gasteiger partial charge in [-0.05, 0) is 13.0 Å². The monoisotopic (exact) mass is 412 g/mol. The van der Waals surface area contributed by atoms with E-state index in [1.807, 2.05) is 6.92 Å². The zero-order valence-corrected chi connectivity index (χ0v) is 15.4. The summed E-state index contributed by atoms with van der Waals surface area (Å²) in [5, 5.41) is 17.2. The third-order valence-electron chi connectivity index (χ3n) is 3.43. The van der Waals surface area contributed by atoms with Crippen LogP contribution in [0.3, 0.4) is 0 Å². The molecule has 0 fully saturated rings. The second-order valence-corrected chi connectivity index (χ2v) is 6.30. The predicted molar refractivity (Wildman–Crippen MR) is 95.7 cm³/mol. The second kappa shape index (κ2) is 8.12. The molecule has 2 N–H and O–H groups in total. The van der Waals surface area contributed by atoms with Gasteiger partial charge in [0, 0.05) is 18.0 Å². The molecule has 148 valence electrons. The summed E-state index contributed by atoms with van der Waals surface area (Å²) in [6.45, 7) is 1.09. The lowest BCUT2D eigenvalue weighted by molar-refractivity contribution is 0.0991. The Morgan fingerprint density at radius 2 is 2.21 bits per heavy atom. The molecule has 0 bridgehead atoms. The second-order valence-electron chi connectivity index (χ2n) is 5.35. The van der Waals surface area contributed by atoms with Crippen LogP contribution < -0.4 is 21.0 Å². The molecule has 1 amide bonds. The number of amides is 1. The van der Waals surface area contributed by atoms with E-state index in [4.69, 9.17) is 9.15 Å². The average molecular weight is 412 g/mol. The lowest BCUT2D eigenvalue weighted by atomic mass is 10.3. The number of aromatic nitrogens is 4. The van der Waals surface area contributed by atoms with Crippen LogP contribution in [-0.4, -0.2) is 46.0 Å². The molecule has 0 radical (unpaired) electrons. The Morgan fingerprint density at radius 3 is 2.86 bits per heavy atom. The van der Waals surface area contributed by atoms with Gasteiger partial charge in [-0.3, -0.25) is 10.1 Å². The third-order valence-corrected chi connectivity index (χ3v) is 4.25. The van der Waals surface area contributed by atoms with E-state index in [1.54, 1.807) is 12.3 Å². The van der Waals surface area contributed by atoms with Crippen LogP contribution in [-0.2, 0) is 0 Å². The fraction of sp³-hybridized carbons (Fsp3) is 0.267. The Morgan fingerprint density at radius 1 is 1.43 bits per heavy atom. The van der Waals surface area contributed by atoms with Gasteiger partial charge in [0.05, 0.1) is 19.3 Å². The number of alkyl halides is 2. The van der Waals surface area contributed by atoms with E-state index in [9.17, 15) is 18.4 Å². The lowest BCUT2D eigenvalue weighted by Crippen LogP contribution is -2.19. The van der Waals surface area contributed by atoms with Crippen molar-refractivity contribution < 1.29 is 22.7 Å². The van der Waals surface area contributed by atoms with Crippen LogP contribution in [0.25, 0.3) is 5.13 Å². The number of carbonyl (C=O) groups is 1. The minimum Gasteiger partial charge on any atom is -0.488 e. The topological polar surface area (TPSA) is 124 Å². The number of nitrogens with one attached hydrogen (secondary N) is 2. The number of hydrogen-bond donors (Lipinski definition) is 2. The highest BCUT2D eigenvalue weighted by molar-refractivity contribution is 7.17. The molecule has 3 aromatic heterocycles. The Hall–Kier alpha value is -3.35. The summed E-state index contributed by atoms with van der Waals surface area (Å²) in [5.74, 6) is -1.53. The molecule has 13 heteroatoms. The maximum absolute atomic E-state index is 12.4. The normalized spacial score (nSPS) is 10.9. The van der Waals surface area contributed by atoms with Crippen LogP contribution in [0, 0.1) is 6.92 Å². The third kappa shape index (κ3) is 4.14. The van der Waals surface area contributed by atoms with Crippen molar-refractivity contribution in [1.29, 1.82) is 0 Å². The highest BCUT2D eigenvalue weighted by Gasteiger charge is 2.19. The summed E-state index contributed by atoms with van der Waals surface area (Å²) < 4.78 is 36.2. The molecule has 3 aromatic rings. The van der Waals surface area contributed by atoms with Gasteiger partial charge in [0.25, 0.3) is 12.3 Å². The first-order valence-corrected chi connectivity index (χ1v) is 8.60. The van der Waals surface area contributed by atoms with Crippen LogP contribution in [0.5, 0.6) is 5.75 Å². The first kappa shape index (κ1) is 19.4. The smallest absolute Gasteiger partial charge is 0.381 e. The molecular formula is C15H14F2N6O4S. The highest BCUT2D eigenvalue weighted by atomic mass is 32.1. The maximum Gasteiger partial charge on any atom is 0.381 e. The van der Waals surface area contributed by atoms with Gasteiger partial charge in [-0.2, -0.15) is 5.10 Å². The summed E-state index contributed by atoms with van der Waals surface area (Å²) >= 11 is 1.05. The van der Waals surface area contributed by atoms with Crippen molar-refractivity contribution in [2.24, 2.45) is 0 Å². The number of anilines is 2. The van der Waals surface area contributed by atoms with E-state index in [0.717, 1.165) is 23.1 Å². The number of halogens is 2. The van der Waals surface area contributed by atoms with Crippen molar-refractivity contribution in [3.05, 3.63) is 40.2 Å². The van der Waals surface area contributed by atoms with Crippen molar-refractivity contribution in [3.8, 4) is 10.9 Å². The van der Waals surface area contributed by atoms with E-state index in [0.29, 0.717) is 5.13 Å². The van der Waals surface area contributed by atoms with E-state index < -0.39 is 30.3 Å². The Labute approximate surface area is 160 Å². The Balaban J connectivity index is 1.82. The fourth-order valence-electron chi connectivity index (χ4n) is 2.19. The van der Waals surface area contributed by atoms with Crippen molar-refractivity contribution in [3.63, 3.8) is 0 Å². The van der Waals surface area contributed by atoms with Crippen LogP contribution in [0.2, 0.25) is 0 Å². The minimum absolute atomic E-state index is 0.0886. The van der Waals surface area contributed by atoms with Crippen molar-refractivity contribution >= 4 is 28.1 Å². The molecule has 0 unspecified atom stereocenters. The van der Waals surface area contributed by atoms with E-state index in [-0.39, 0.29) is 16.6 Å². The summed E-state index contributed by atoms with van der Waals surface area (Å²) in [4.78, 5) is 24.3. The molecule has 3 heterocycles. The van der Waals surface area contributed by atoms with Gasteiger partial charge in [-0.1, -0.05) is 11.3 Å². The van der Waals surface area contributed by atoms with E-state index >= 15 is 0 Å². The summed E-state index contributed by atoms with van der Waals surface area (Å²) in [6.07, 6.45) is -1.07. The minimum atomic E-state index is -2.67. The summed E-state index contributed by atoms with van der Waals surface area (Å²) in [7, 11) is 1.18. The van der Waals surface area contributed by atoms with Gasteiger partial charge in [0.15, 0.2) is 5.76 Å². The van der Waals surface area contributed by atoms with Gasteiger partial charge in [-0.25, -0.2) is 18.3 Å². The van der Waals surface area contributed by atoms with E-state index in [1.165, 1.54) is 11.8 Å². The fourth-order valence-corrected chi connectivity index (χ4v) is 2.94. The summed E-state index contributed by atoms with van der Waals surface area (Å²) in [6, 6.07) is 2.87. The number of methoxy groups -OCH3 is 1. The van der Waals surface area contributed by atoms with Crippen molar-refractivity contribution in [2.75, 3.05) is 24.3 Å². The zero-order chi connectivity index (χ0) is 20.3. The van der Waals surface area contributed by atoms with Gasteiger partial charge < -0.3 is 14.5 Å². The molecule has 0 aliphatic heterocycles. The van der Waals surface area contributed by atoms with Crippen LogP contribution in [0.4, 0.5) is 19.6 Å². The van der Waals surface area contributed by atoms with Gasteiger partial charge >= 0.3 is 5.63 Å². The SMILES string of the molecule is COc1c(NCC(F)F)cc(C(=O)Nc2nnc(-n3nccc3C)s2)oc1=O. The molecule has 28 heavy (non-hydrogen) atoms. The highest BCUT2D eigenvalue weighted by Crippen LogP contribution is 2.23. The van der Waals surface area contributed by atoms with Gasteiger partial charge in [0.2, 0.25) is 16.0 Å². The van der Waals surface area contributed by atoms with Crippen molar-refractivity contribution in [1.82, 2.24) is 20.0 Å². The number of rotatable bonds is 7. The number of aryl methyl sites for hydroxylation is 1. The largest absolute Gasteiger partial charge is 0.488 e. The number of carbonyl (C=O) groups excluding carboxylic acids is 1. The standard InChI is InChI=1S/C15H14F2N6O4S/c1-7-3-4-19-23(7)15-22-21-14(28-15)20-12(24)9-5-8(18-6-10(16)17)11(26-2)13(25)27-9/h3-5,10,18H,6H2,1-2H3,(H,20,21,24). The van der Waals surface area contributed by atoms with Crippen LogP contribution in [0.1, 0.15) is 16.2 Å². The molecule has 0 saturated heterocycles. The Kier molecular flexibility index (Phi) is 5.63. The van der Waals surface area contributed by atoms with E-state index in [2.05, 4.69) is 25.9 Å².